The summed E-state index contributed by atoms with van der Waals surface area (Å²) in [5.41, 5.74) is 1.13. The zero-order chi connectivity index (χ0) is 15.2. The van der Waals surface area contributed by atoms with Gasteiger partial charge in [-0.15, -0.1) is 35.3 Å². The second-order valence-corrected chi connectivity index (χ2v) is 7.23. The Morgan fingerprint density at radius 2 is 1.95 bits per heavy atom. The van der Waals surface area contributed by atoms with E-state index in [0.29, 0.717) is 6.04 Å². The van der Waals surface area contributed by atoms with Gasteiger partial charge in [-0.2, -0.15) is 0 Å². The average Bonchev–Trinajstić information content (AvgIpc) is 2.82. The fraction of sp³-hybridized carbons (Fsp3) is 0.750. The van der Waals surface area contributed by atoms with Crippen LogP contribution in [0.2, 0.25) is 0 Å². The minimum atomic E-state index is 0. The number of guanidine groups is 1. The second kappa shape index (κ2) is 9.70. The molecule has 0 aliphatic heterocycles. The van der Waals surface area contributed by atoms with E-state index in [1.54, 1.807) is 11.3 Å². The summed E-state index contributed by atoms with van der Waals surface area (Å²) in [6, 6.07) is 0.572. The van der Waals surface area contributed by atoms with Gasteiger partial charge in [0.1, 0.15) is 0 Å². The highest BCUT2D eigenvalue weighted by Crippen LogP contribution is 2.26. The number of hydrogen-bond donors (Lipinski definition) is 2. The monoisotopic (exact) mass is 436 g/mol. The Kier molecular flexibility index (Phi) is 8.67. The highest BCUT2D eigenvalue weighted by molar-refractivity contribution is 14.0. The molecule has 1 aromatic heterocycles. The second-order valence-electron chi connectivity index (χ2n) is 5.94. The molecule has 1 aliphatic carbocycles. The Hall–Kier alpha value is -0.370. The Balaban J connectivity index is 0.00000242. The van der Waals surface area contributed by atoms with Crippen molar-refractivity contribution in [3.05, 3.63) is 15.6 Å². The molecule has 0 amide bonds. The van der Waals surface area contributed by atoms with Crippen molar-refractivity contribution in [2.45, 2.75) is 65.5 Å². The van der Waals surface area contributed by atoms with Gasteiger partial charge >= 0.3 is 0 Å². The van der Waals surface area contributed by atoms with Gasteiger partial charge in [-0.05, 0) is 45.4 Å². The van der Waals surface area contributed by atoms with Crippen LogP contribution in [0.3, 0.4) is 0 Å². The standard InChI is InChI=1S/C16H28N4S.HI/c1-5-13-6-8-14(9-7-13)20-16(17-4)18-10-15-11(2)19-12(3)21-15;/h13-14H,5-10H2,1-4H3,(H2,17,18,20);1H. The summed E-state index contributed by atoms with van der Waals surface area (Å²) >= 11 is 1.76. The Morgan fingerprint density at radius 1 is 1.27 bits per heavy atom. The quantitative estimate of drug-likeness (QED) is 0.426. The van der Waals surface area contributed by atoms with Crippen LogP contribution < -0.4 is 10.6 Å². The molecule has 0 atom stereocenters. The number of aliphatic imine (C=N–C) groups is 1. The normalized spacial score (nSPS) is 22.1. The van der Waals surface area contributed by atoms with Gasteiger partial charge in [-0.3, -0.25) is 4.99 Å². The lowest BCUT2D eigenvalue weighted by molar-refractivity contribution is 0.304. The molecule has 1 aromatic rings. The van der Waals surface area contributed by atoms with E-state index >= 15 is 0 Å². The van der Waals surface area contributed by atoms with E-state index < -0.39 is 0 Å². The first-order valence-electron chi connectivity index (χ1n) is 8.02. The van der Waals surface area contributed by atoms with Crippen LogP contribution >= 0.6 is 35.3 Å². The van der Waals surface area contributed by atoms with Crippen molar-refractivity contribution >= 4 is 41.3 Å². The van der Waals surface area contributed by atoms with Gasteiger partial charge < -0.3 is 10.6 Å². The van der Waals surface area contributed by atoms with Crippen LogP contribution in [0.1, 0.15) is 54.6 Å². The topological polar surface area (TPSA) is 49.3 Å². The first-order valence-corrected chi connectivity index (χ1v) is 8.84. The molecule has 0 aromatic carbocycles. The van der Waals surface area contributed by atoms with Crippen LogP contribution in [0.5, 0.6) is 0 Å². The zero-order valence-electron chi connectivity index (χ0n) is 14.1. The number of rotatable bonds is 4. The maximum Gasteiger partial charge on any atom is 0.191 e. The smallest absolute Gasteiger partial charge is 0.191 e. The first kappa shape index (κ1) is 19.7. The molecule has 1 aliphatic rings. The molecule has 0 radical (unpaired) electrons. The summed E-state index contributed by atoms with van der Waals surface area (Å²) in [5, 5.41) is 8.12. The summed E-state index contributed by atoms with van der Waals surface area (Å²) in [6.07, 6.45) is 6.54. The summed E-state index contributed by atoms with van der Waals surface area (Å²) in [7, 11) is 1.85. The third kappa shape index (κ3) is 5.68. The molecule has 1 fully saturated rings. The van der Waals surface area contributed by atoms with E-state index in [2.05, 4.69) is 41.4 Å². The lowest BCUT2D eigenvalue weighted by Gasteiger charge is -2.29. The van der Waals surface area contributed by atoms with Crippen molar-refractivity contribution in [3.8, 4) is 0 Å². The molecule has 2 N–H and O–H groups in total. The lowest BCUT2D eigenvalue weighted by Crippen LogP contribution is -2.44. The minimum absolute atomic E-state index is 0. The van der Waals surface area contributed by atoms with Gasteiger partial charge in [0.2, 0.25) is 0 Å². The number of aryl methyl sites for hydroxylation is 2. The van der Waals surface area contributed by atoms with Crippen LogP contribution in [-0.2, 0) is 6.54 Å². The Labute approximate surface area is 155 Å². The number of nitrogens with one attached hydrogen (secondary N) is 2. The maximum atomic E-state index is 4.47. The third-order valence-electron chi connectivity index (χ3n) is 4.40. The number of aromatic nitrogens is 1. The summed E-state index contributed by atoms with van der Waals surface area (Å²) in [5.74, 6) is 1.85. The van der Waals surface area contributed by atoms with Crippen LogP contribution in [0.15, 0.2) is 4.99 Å². The Morgan fingerprint density at radius 3 is 2.45 bits per heavy atom. The number of halogens is 1. The molecule has 126 valence electrons. The molecule has 1 saturated carbocycles. The van der Waals surface area contributed by atoms with Crippen LogP contribution in [0, 0.1) is 19.8 Å². The van der Waals surface area contributed by atoms with Gasteiger partial charge in [-0.25, -0.2) is 4.98 Å². The molecule has 22 heavy (non-hydrogen) atoms. The van der Waals surface area contributed by atoms with Crippen molar-refractivity contribution in [2.24, 2.45) is 10.9 Å². The van der Waals surface area contributed by atoms with Crippen LogP contribution in [0.25, 0.3) is 0 Å². The van der Waals surface area contributed by atoms with E-state index in [4.69, 9.17) is 0 Å². The van der Waals surface area contributed by atoms with Gasteiger partial charge in [0, 0.05) is 18.0 Å². The molecule has 0 bridgehead atoms. The minimum Gasteiger partial charge on any atom is -0.354 e. The predicted molar refractivity (Wildman–Crippen MR) is 106 cm³/mol. The highest BCUT2D eigenvalue weighted by atomic mass is 127. The van der Waals surface area contributed by atoms with Crippen molar-refractivity contribution in [1.29, 1.82) is 0 Å². The molecule has 0 unspecified atom stereocenters. The van der Waals surface area contributed by atoms with Gasteiger partial charge in [0.25, 0.3) is 0 Å². The summed E-state index contributed by atoms with van der Waals surface area (Å²) in [4.78, 5) is 10.1. The van der Waals surface area contributed by atoms with Gasteiger partial charge in [-0.1, -0.05) is 13.3 Å². The molecular weight excluding hydrogens is 407 g/mol. The molecule has 6 heteroatoms. The molecule has 0 spiro atoms. The number of nitrogens with zero attached hydrogens (tertiary/aromatic N) is 2. The zero-order valence-corrected chi connectivity index (χ0v) is 17.3. The van der Waals surface area contributed by atoms with E-state index in [0.717, 1.165) is 29.1 Å². The van der Waals surface area contributed by atoms with Crippen LogP contribution in [-0.4, -0.2) is 24.0 Å². The predicted octanol–water partition coefficient (Wildman–Crippen LogP) is 4.01. The lowest BCUT2D eigenvalue weighted by atomic mass is 9.84. The largest absolute Gasteiger partial charge is 0.354 e. The number of hydrogen-bond acceptors (Lipinski definition) is 3. The average molecular weight is 436 g/mol. The number of thiazole rings is 1. The summed E-state index contributed by atoms with van der Waals surface area (Å²) < 4.78 is 0. The molecule has 1 heterocycles. The summed E-state index contributed by atoms with van der Waals surface area (Å²) in [6.45, 7) is 7.24. The van der Waals surface area contributed by atoms with Crippen molar-refractivity contribution < 1.29 is 0 Å². The maximum absolute atomic E-state index is 4.47. The molecule has 2 rings (SSSR count). The fourth-order valence-electron chi connectivity index (χ4n) is 3.00. The van der Waals surface area contributed by atoms with Crippen LogP contribution in [0.4, 0.5) is 0 Å². The van der Waals surface area contributed by atoms with Gasteiger partial charge in [0.05, 0.1) is 17.2 Å². The SMILES string of the molecule is CCC1CCC(NC(=NC)NCc2sc(C)nc2C)CC1.I. The van der Waals surface area contributed by atoms with E-state index in [1.807, 2.05) is 7.05 Å². The van der Waals surface area contributed by atoms with E-state index in [-0.39, 0.29) is 24.0 Å². The van der Waals surface area contributed by atoms with Crippen molar-refractivity contribution in [3.63, 3.8) is 0 Å². The fourth-order valence-corrected chi connectivity index (χ4v) is 3.88. The molecule has 4 nitrogen and oxygen atoms in total. The molecular formula is C16H29IN4S. The van der Waals surface area contributed by atoms with Gasteiger partial charge in [0.15, 0.2) is 5.96 Å². The van der Waals surface area contributed by atoms with Crippen molar-refractivity contribution in [1.82, 2.24) is 15.6 Å². The van der Waals surface area contributed by atoms with E-state index in [1.165, 1.54) is 37.0 Å². The third-order valence-corrected chi connectivity index (χ3v) is 5.48. The van der Waals surface area contributed by atoms with Crippen molar-refractivity contribution in [2.75, 3.05) is 7.05 Å². The first-order chi connectivity index (χ1) is 10.1. The van der Waals surface area contributed by atoms with E-state index in [9.17, 15) is 0 Å². The highest BCUT2D eigenvalue weighted by Gasteiger charge is 2.20. The molecule has 0 saturated heterocycles. The Bertz CT molecular complexity index is 478.